The minimum Gasteiger partial charge on any atom is -0.465 e. The summed E-state index contributed by atoms with van der Waals surface area (Å²) in [7, 11) is 0. The Morgan fingerprint density at radius 3 is 1.96 bits per heavy atom. The highest BCUT2D eigenvalue weighted by Crippen LogP contribution is 2.47. The monoisotopic (exact) mass is 610 g/mol. The van der Waals surface area contributed by atoms with Crippen LogP contribution in [0, 0.1) is 6.92 Å². The first-order valence-electron chi connectivity index (χ1n) is 15.7. The van der Waals surface area contributed by atoms with E-state index in [4.69, 9.17) is 9.47 Å². The van der Waals surface area contributed by atoms with Gasteiger partial charge in [-0.1, -0.05) is 133 Å². The van der Waals surface area contributed by atoms with Gasteiger partial charge in [0.1, 0.15) is 6.04 Å². The molecule has 5 aromatic rings. The number of carbonyl (C=O) groups excluding carboxylic acids is 2. The molecule has 5 aromatic carbocycles. The first-order chi connectivity index (χ1) is 22.5. The van der Waals surface area contributed by atoms with E-state index in [-0.39, 0.29) is 19.1 Å². The zero-order valence-corrected chi connectivity index (χ0v) is 26.1. The predicted molar refractivity (Wildman–Crippen MR) is 180 cm³/mol. The lowest BCUT2D eigenvalue weighted by Gasteiger charge is -2.38. The molecule has 232 valence electrons. The molecule has 0 saturated heterocycles. The van der Waals surface area contributed by atoms with Gasteiger partial charge in [-0.3, -0.25) is 14.9 Å². The van der Waals surface area contributed by atoms with Gasteiger partial charge >= 0.3 is 5.97 Å². The van der Waals surface area contributed by atoms with E-state index in [2.05, 4.69) is 5.32 Å². The van der Waals surface area contributed by atoms with Gasteiger partial charge in [-0.25, -0.2) is 0 Å². The van der Waals surface area contributed by atoms with Crippen molar-refractivity contribution in [2.75, 3.05) is 11.5 Å². The Morgan fingerprint density at radius 1 is 0.761 bits per heavy atom. The minimum atomic E-state index is -1.73. The molecule has 1 aliphatic heterocycles. The van der Waals surface area contributed by atoms with Crippen LogP contribution in [0.1, 0.15) is 46.3 Å². The summed E-state index contributed by atoms with van der Waals surface area (Å²) >= 11 is 0. The highest BCUT2D eigenvalue weighted by Gasteiger charge is 2.60. The van der Waals surface area contributed by atoms with Crippen molar-refractivity contribution < 1.29 is 19.1 Å². The van der Waals surface area contributed by atoms with Gasteiger partial charge in [0.25, 0.3) is 5.91 Å². The minimum absolute atomic E-state index is 0.116. The molecule has 0 radical (unpaired) electrons. The lowest BCUT2D eigenvalue weighted by atomic mass is 9.85. The number of esters is 1. The number of aryl methyl sites for hydroxylation is 1. The number of anilines is 1. The summed E-state index contributed by atoms with van der Waals surface area (Å²) in [6.45, 7) is 4.37. The fourth-order valence-electron chi connectivity index (χ4n) is 6.26. The molecule has 2 atom stereocenters. The van der Waals surface area contributed by atoms with Crippen LogP contribution in [0.15, 0.2) is 140 Å². The SMILES string of the molecule is CCOC(=O)[C@@H](NC(c1ccccc1)c1ccccc1)[C@]1(OCc2ccccc2C)C(=O)N(Cc2ccccc2)c2ccccc21. The van der Waals surface area contributed by atoms with Crippen molar-refractivity contribution in [2.45, 2.75) is 44.7 Å². The van der Waals surface area contributed by atoms with Gasteiger partial charge < -0.3 is 14.4 Å². The normalized spacial score (nSPS) is 16.3. The van der Waals surface area contributed by atoms with Gasteiger partial charge in [0.2, 0.25) is 0 Å². The first kappa shape index (κ1) is 31.0. The molecule has 1 N–H and O–H groups in total. The molecule has 0 fully saturated rings. The first-order valence-corrected chi connectivity index (χ1v) is 15.7. The third kappa shape index (κ3) is 6.10. The molecule has 1 heterocycles. The summed E-state index contributed by atoms with van der Waals surface area (Å²) in [6.07, 6.45) is 0. The van der Waals surface area contributed by atoms with Crippen molar-refractivity contribution >= 4 is 17.6 Å². The number of rotatable bonds is 12. The summed E-state index contributed by atoms with van der Waals surface area (Å²) in [5.41, 5.74) is 4.40. The van der Waals surface area contributed by atoms with Crippen molar-refractivity contribution in [3.05, 3.63) is 173 Å². The number of ether oxygens (including phenoxy) is 2. The molecular weight excluding hydrogens is 572 g/mol. The van der Waals surface area contributed by atoms with Crippen LogP contribution in [-0.2, 0) is 37.8 Å². The maximum Gasteiger partial charge on any atom is 0.327 e. The van der Waals surface area contributed by atoms with E-state index < -0.39 is 23.7 Å². The highest BCUT2D eigenvalue weighted by atomic mass is 16.5. The molecule has 0 aliphatic carbocycles. The Hall–Kier alpha value is -5.04. The summed E-state index contributed by atoms with van der Waals surface area (Å²) in [6, 6.07) is 43.6. The Kier molecular flexibility index (Phi) is 9.38. The van der Waals surface area contributed by atoms with Crippen LogP contribution in [0.5, 0.6) is 0 Å². The van der Waals surface area contributed by atoms with E-state index in [9.17, 15) is 4.79 Å². The van der Waals surface area contributed by atoms with Crippen molar-refractivity contribution in [3.8, 4) is 0 Å². The van der Waals surface area contributed by atoms with Crippen molar-refractivity contribution in [3.63, 3.8) is 0 Å². The second kappa shape index (κ2) is 13.9. The number of para-hydroxylation sites is 1. The molecule has 1 aliphatic rings. The van der Waals surface area contributed by atoms with Crippen LogP contribution in [0.2, 0.25) is 0 Å². The topological polar surface area (TPSA) is 67.9 Å². The van der Waals surface area contributed by atoms with Crippen LogP contribution in [0.4, 0.5) is 5.69 Å². The van der Waals surface area contributed by atoms with Crippen LogP contribution >= 0.6 is 0 Å². The molecule has 0 saturated carbocycles. The standard InChI is InChI=1S/C40H38N2O4/c1-3-45-38(43)37(41-36(31-20-9-5-10-21-31)32-22-11-6-12-23-32)40(46-28-33-24-14-13-17-29(33)2)34-25-15-16-26-35(34)42(39(40)44)27-30-18-7-4-8-19-30/h4-26,36-37,41H,3,27-28H2,1-2H3/t37-,40+/m1/s1. The van der Waals surface area contributed by atoms with Crippen LogP contribution < -0.4 is 10.2 Å². The summed E-state index contributed by atoms with van der Waals surface area (Å²) in [5.74, 6) is -0.884. The summed E-state index contributed by atoms with van der Waals surface area (Å²) < 4.78 is 12.7. The Bertz CT molecular complexity index is 1740. The molecule has 6 heteroatoms. The Balaban J connectivity index is 1.53. The van der Waals surface area contributed by atoms with E-state index in [1.54, 1.807) is 11.8 Å². The number of hydrogen-bond donors (Lipinski definition) is 1. The second-order valence-electron chi connectivity index (χ2n) is 11.5. The summed E-state index contributed by atoms with van der Waals surface area (Å²) in [4.78, 5) is 31.2. The highest BCUT2D eigenvalue weighted by molar-refractivity contribution is 6.10. The molecule has 46 heavy (non-hydrogen) atoms. The Labute approximate surface area is 270 Å². The smallest absolute Gasteiger partial charge is 0.327 e. The van der Waals surface area contributed by atoms with Gasteiger partial charge in [-0.05, 0) is 47.7 Å². The molecule has 6 nitrogen and oxygen atoms in total. The summed E-state index contributed by atoms with van der Waals surface area (Å²) in [5, 5.41) is 3.61. The molecule has 0 aromatic heterocycles. The third-order valence-corrected chi connectivity index (χ3v) is 8.59. The number of nitrogens with one attached hydrogen (secondary N) is 1. The lowest BCUT2D eigenvalue weighted by molar-refractivity contribution is -0.169. The van der Waals surface area contributed by atoms with Crippen LogP contribution in [0.3, 0.4) is 0 Å². The zero-order valence-electron chi connectivity index (χ0n) is 26.1. The number of benzene rings is 5. The van der Waals surface area contributed by atoms with E-state index in [0.717, 1.165) is 27.8 Å². The van der Waals surface area contributed by atoms with Crippen molar-refractivity contribution in [2.24, 2.45) is 0 Å². The molecule has 0 spiro atoms. The molecule has 0 unspecified atom stereocenters. The van der Waals surface area contributed by atoms with Gasteiger partial charge in [0, 0.05) is 5.56 Å². The van der Waals surface area contributed by atoms with E-state index >= 15 is 4.79 Å². The molecular formula is C40H38N2O4. The average Bonchev–Trinajstić information content (AvgIpc) is 3.33. The van der Waals surface area contributed by atoms with E-state index in [1.807, 2.05) is 146 Å². The van der Waals surface area contributed by atoms with Crippen molar-refractivity contribution in [1.29, 1.82) is 0 Å². The fourth-order valence-corrected chi connectivity index (χ4v) is 6.26. The van der Waals surface area contributed by atoms with E-state index in [1.165, 1.54) is 0 Å². The largest absolute Gasteiger partial charge is 0.465 e. The third-order valence-electron chi connectivity index (χ3n) is 8.59. The van der Waals surface area contributed by atoms with Gasteiger partial charge in [-0.15, -0.1) is 0 Å². The van der Waals surface area contributed by atoms with Crippen LogP contribution in [-0.4, -0.2) is 24.5 Å². The zero-order chi connectivity index (χ0) is 31.9. The molecule has 0 bridgehead atoms. The number of fused-ring (bicyclic) bond motifs is 1. The second-order valence-corrected chi connectivity index (χ2v) is 11.5. The molecule has 6 rings (SSSR count). The van der Waals surface area contributed by atoms with Gasteiger partial charge in [0.05, 0.1) is 31.5 Å². The number of carbonyl (C=O) groups is 2. The van der Waals surface area contributed by atoms with Crippen molar-refractivity contribution in [1.82, 2.24) is 5.32 Å². The number of amides is 1. The number of hydrogen-bond acceptors (Lipinski definition) is 5. The van der Waals surface area contributed by atoms with E-state index in [0.29, 0.717) is 17.8 Å². The average molecular weight is 611 g/mol. The number of nitrogens with zero attached hydrogens (tertiary/aromatic N) is 1. The van der Waals surface area contributed by atoms with Gasteiger partial charge in [0.15, 0.2) is 5.60 Å². The fraction of sp³-hybridized carbons (Fsp3) is 0.200. The molecule has 1 amide bonds. The van der Waals surface area contributed by atoms with Crippen LogP contribution in [0.25, 0.3) is 0 Å². The predicted octanol–water partition coefficient (Wildman–Crippen LogP) is 7.26. The maximum atomic E-state index is 15.2. The maximum absolute atomic E-state index is 15.2. The Morgan fingerprint density at radius 2 is 1.33 bits per heavy atom. The van der Waals surface area contributed by atoms with Gasteiger partial charge in [-0.2, -0.15) is 0 Å². The lowest BCUT2D eigenvalue weighted by Crippen LogP contribution is -2.60. The quantitative estimate of drug-likeness (QED) is 0.151.